The molecular weight excluding hydrogens is 364 g/mol. The van der Waals surface area contributed by atoms with E-state index in [0.29, 0.717) is 31.0 Å². The van der Waals surface area contributed by atoms with Crippen molar-refractivity contribution in [3.8, 4) is 5.75 Å². The van der Waals surface area contributed by atoms with Crippen molar-refractivity contribution in [2.75, 3.05) is 20.2 Å². The monoisotopic (exact) mass is 388 g/mol. The number of nitrogens with zero attached hydrogens (tertiary/aromatic N) is 1. The number of nitrogens with one attached hydrogen (secondary N) is 1. The highest BCUT2D eigenvalue weighted by atomic mass is 35.5. The topological polar surface area (TPSA) is 75.7 Å². The summed E-state index contributed by atoms with van der Waals surface area (Å²) in [6.45, 7) is 6.36. The Morgan fingerprint density at radius 3 is 2.40 bits per heavy atom. The molecule has 0 aliphatic carbocycles. The third-order valence-corrected chi connectivity index (χ3v) is 6.22. The summed E-state index contributed by atoms with van der Waals surface area (Å²) in [5.74, 6) is 0.0637. The molecule has 0 bridgehead atoms. The van der Waals surface area contributed by atoms with E-state index in [1.165, 1.54) is 17.5 Å². The Labute approximate surface area is 154 Å². The van der Waals surface area contributed by atoms with E-state index in [1.54, 1.807) is 12.1 Å². The maximum atomic E-state index is 12.9. The number of rotatable bonds is 4. The Hall–Kier alpha value is -1.31. The van der Waals surface area contributed by atoms with Gasteiger partial charge in [0, 0.05) is 29.6 Å². The zero-order valence-corrected chi connectivity index (χ0v) is 16.6. The normalized spacial score (nSPS) is 17.3. The van der Waals surface area contributed by atoms with E-state index in [2.05, 4.69) is 5.32 Å². The van der Waals surface area contributed by atoms with Crippen LogP contribution in [-0.2, 0) is 14.8 Å². The molecule has 0 saturated carbocycles. The molecule has 1 fully saturated rings. The summed E-state index contributed by atoms with van der Waals surface area (Å²) in [4.78, 5) is 12.3. The summed E-state index contributed by atoms with van der Waals surface area (Å²) < 4.78 is 32.4. The molecule has 0 atom stereocenters. The molecule has 1 aromatic carbocycles. The Bertz CT molecular complexity index is 736. The average Bonchev–Trinajstić information content (AvgIpc) is 2.53. The molecule has 0 unspecified atom stereocenters. The Morgan fingerprint density at radius 2 is 1.88 bits per heavy atom. The third kappa shape index (κ3) is 4.86. The van der Waals surface area contributed by atoms with Gasteiger partial charge in [-0.05, 0) is 51.8 Å². The van der Waals surface area contributed by atoms with E-state index in [9.17, 15) is 13.2 Å². The van der Waals surface area contributed by atoms with Crippen LogP contribution in [-0.4, -0.2) is 44.4 Å². The number of hydrogen-bond donors (Lipinski definition) is 1. The van der Waals surface area contributed by atoms with Crippen molar-refractivity contribution < 1.29 is 17.9 Å². The molecule has 1 aliphatic heterocycles. The van der Waals surface area contributed by atoms with E-state index < -0.39 is 10.0 Å². The fourth-order valence-corrected chi connectivity index (χ4v) is 4.71. The molecule has 1 aliphatic rings. The first-order chi connectivity index (χ1) is 11.5. The fourth-order valence-electron chi connectivity index (χ4n) is 2.82. The summed E-state index contributed by atoms with van der Waals surface area (Å²) in [5.41, 5.74) is -0.297. The van der Waals surface area contributed by atoms with Crippen LogP contribution in [0.1, 0.15) is 33.6 Å². The van der Waals surface area contributed by atoms with Gasteiger partial charge < -0.3 is 10.1 Å². The van der Waals surface area contributed by atoms with Gasteiger partial charge in [0.2, 0.25) is 15.9 Å². The lowest BCUT2D eigenvalue weighted by Crippen LogP contribution is -2.47. The first kappa shape index (κ1) is 20.0. The predicted octanol–water partition coefficient (Wildman–Crippen LogP) is 2.66. The zero-order valence-electron chi connectivity index (χ0n) is 15.0. The van der Waals surface area contributed by atoms with Crippen molar-refractivity contribution in [2.45, 2.75) is 44.0 Å². The third-order valence-electron chi connectivity index (χ3n) is 4.07. The lowest BCUT2D eigenvalue weighted by molar-refractivity contribution is -0.127. The number of carbonyl (C=O) groups is 1. The van der Waals surface area contributed by atoms with Gasteiger partial charge in [-0.2, -0.15) is 4.31 Å². The first-order valence-corrected chi connectivity index (χ1v) is 10.0. The molecule has 6 nitrogen and oxygen atoms in total. The van der Waals surface area contributed by atoms with E-state index >= 15 is 0 Å². The van der Waals surface area contributed by atoms with Gasteiger partial charge >= 0.3 is 0 Å². The summed E-state index contributed by atoms with van der Waals surface area (Å²) in [6.07, 6.45) is 0.980. The van der Waals surface area contributed by atoms with Gasteiger partial charge in [0.15, 0.2) is 0 Å². The molecule has 0 radical (unpaired) electrons. The van der Waals surface area contributed by atoms with Gasteiger partial charge in [0.05, 0.1) is 7.11 Å². The van der Waals surface area contributed by atoms with Crippen LogP contribution >= 0.6 is 11.6 Å². The SMILES string of the molecule is COc1ccc(Cl)cc1S(=O)(=O)N1CCC(C(=O)NC(C)(C)C)CC1. The maximum absolute atomic E-state index is 12.9. The minimum absolute atomic E-state index is 0.0233. The van der Waals surface area contributed by atoms with Gasteiger partial charge in [-0.25, -0.2) is 8.42 Å². The van der Waals surface area contributed by atoms with Crippen molar-refractivity contribution in [3.05, 3.63) is 23.2 Å². The summed E-state index contributed by atoms with van der Waals surface area (Å²) in [6, 6.07) is 4.52. The molecule has 1 saturated heterocycles. The highest BCUT2D eigenvalue weighted by molar-refractivity contribution is 7.89. The highest BCUT2D eigenvalue weighted by Gasteiger charge is 2.34. The number of ether oxygens (including phenoxy) is 1. The minimum atomic E-state index is -3.72. The predicted molar refractivity (Wildman–Crippen MR) is 97.4 cm³/mol. The standard InChI is InChI=1S/C17H25ClN2O4S/c1-17(2,3)19-16(21)12-7-9-20(10-8-12)25(22,23)15-11-13(18)5-6-14(15)24-4/h5-6,11-12H,7-10H2,1-4H3,(H,19,21). The Morgan fingerprint density at radius 1 is 1.28 bits per heavy atom. The zero-order chi connectivity index (χ0) is 18.8. The second-order valence-corrected chi connectivity index (χ2v) is 9.56. The van der Waals surface area contributed by atoms with Gasteiger partial charge in [0.25, 0.3) is 0 Å². The van der Waals surface area contributed by atoms with Crippen molar-refractivity contribution >= 4 is 27.5 Å². The number of hydrogen-bond acceptors (Lipinski definition) is 4. The number of carbonyl (C=O) groups excluding carboxylic acids is 1. The number of benzene rings is 1. The lowest BCUT2D eigenvalue weighted by Gasteiger charge is -2.32. The van der Waals surface area contributed by atoms with Crippen molar-refractivity contribution in [3.63, 3.8) is 0 Å². The summed E-state index contributed by atoms with van der Waals surface area (Å²) >= 11 is 5.95. The molecule has 140 valence electrons. The van der Waals surface area contributed by atoms with Crippen LogP contribution in [0.3, 0.4) is 0 Å². The van der Waals surface area contributed by atoms with Crippen LogP contribution in [0.4, 0.5) is 0 Å². The minimum Gasteiger partial charge on any atom is -0.495 e. The molecule has 1 heterocycles. The van der Waals surface area contributed by atoms with Gasteiger partial charge in [-0.1, -0.05) is 11.6 Å². The fraction of sp³-hybridized carbons (Fsp3) is 0.588. The molecule has 1 N–H and O–H groups in total. The summed E-state index contributed by atoms with van der Waals surface area (Å²) in [7, 11) is -2.30. The maximum Gasteiger partial charge on any atom is 0.246 e. The van der Waals surface area contributed by atoms with Gasteiger partial charge in [-0.3, -0.25) is 4.79 Å². The first-order valence-electron chi connectivity index (χ1n) is 8.20. The largest absolute Gasteiger partial charge is 0.495 e. The molecule has 8 heteroatoms. The quantitative estimate of drug-likeness (QED) is 0.860. The molecule has 1 amide bonds. The number of amides is 1. The van der Waals surface area contributed by atoms with Gasteiger partial charge in [0.1, 0.15) is 10.6 Å². The van der Waals surface area contributed by atoms with E-state index in [0.717, 1.165) is 0 Å². The molecule has 0 spiro atoms. The second-order valence-electron chi connectivity index (χ2n) is 7.21. The molecule has 0 aromatic heterocycles. The van der Waals surface area contributed by atoms with Crippen molar-refractivity contribution in [2.24, 2.45) is 5.92 Å². The van der Waals surface area contributed by atoms with Crippen molar-refractivity contribution in [1.29, 1.82) is 0 Å². The summed E-state index contributed by atoms with van der Waals surface area (Å²) in [5, 5.41) is 3.29. The molecular formula is C17H25ClN2O4S. The number of sulfonamides is 1. The molecule has 1 aromatic rings. The van der Waals surface area contributed by atoms with E-state index in [4.69, 9.17) is 16.3 Å². The Kier molecular flexibility index (Phi) is 6.01. The van der Waals surface area contributed by atoms with Crippen LogP contribution < -0.4 is 10.1 Å². The number of halogens is 1. The van der Waals surface area contributed by atoms with Crippen LogP contribution in [0, 0.1) is 5.92 Å². The lowest BCUT2D eigenvalue weighted by atomic mass is 9.96. The van der Waals surface area contributed by atoms with E-state index in [-0.39, 0.29) is 28.0 Å². The highest BCUT2D eigenvalue weighted by Crippen LogP contribution is 2.31. The number of piperidine rings is 1. The van der Waals surface area contributed by atoms with Crippen molar-refractivity contribution in [1.82, 2.24) is 9.62 Å². The van der Waals surface area contributed by atoms with Crippen LogP contribution in [0.25, 0.3) is 0 Å². The van der Waals surface area contributed by atoms with Crippen LogP contribution in [0.2, 0.25) is 5.02 Å². The molecule has 25 heavy (non-hydrogen) atoms. The second kappa shape index (κ2) is 7.51. The van der Waals surface area contributed by atoms with Gasteiger partial charge in [-0.15, -0.1) is 0 Å². The van der Waals surface area contributed by atoms with Crippen LogP contribution in [0.5, 0.6) is 5.75 Å². The average molecular weight is 389 g/mol. The molecule has 2 rings (SSSR count). The van der Waals surface area contributed by atoms with E-state index in [1.807, 2.05) is 20.8 Å². The van der Waals surface area contributed by atoms with Crippen LogP contribution in [0.15, 0.2) is 23.1 Å². The Balaban J connectivity index is 2.12. The smallest absolute Gasteiger partial charge is 0.246 e. The number of methoxy groups -OCH3 is 1.